The number of amides is 2. The van der Waals surface area contributed by atoms with Crippen LogP contribution in [-0.2, 0) is 11.0 Å². The van der Waals surface area contributed by atoms with E-state index in [1.54, 1.807) is 0 Å². The summed E-state index contributed by atoms with van der Waals surface area (Å²) in [6.45, 7) is 1.05. The number of rotatable bonds is 4. The summed E-state index contributed by atoms with van der Waals surface area (Å²) in [6.07, 6.45) is -4.53. The van der Waals surface area contributed by atoms with Crippen LogP contribution in [0.15, 0.2) is 24.3 Å². The van der Waals surface area contributed by atoms with Crippen molar-refractivity contribution in [2.24, 2.45) is 11.7 Å². The molecule has 5 nitrogen and oxygen atoms in total. The molecule has 0 aliphatic carbocycles. The number of hydrogen-bond donors (Lipinski definition) is 3. The summed E-state index contributed by atoms with van der Waals surface area (Å²) >= 11 is 0. The molecule has 8 heteroatoms. The molecule has 0 spiro atoms. The van der Waals surface area contributed by atoms with Gasteiger partial charge in [0.2, 0.25) is 5.91 Å². The molecule has 2 rings (SSSR count). The Balaban J connectivity index is 2.14. The standard InChI is InChI=1S/C13H14F3N3O2/c14-13(15,16)9-3-1-2-7(4-9)12(21)19-10(11(17)20)8-5-18-6-8/h1-4,8,10,18H,5-6H2,(H2,17,20)(H,19,21). The topological polar surface area (TPSA) is 84.2 Å². The lowest BCUT2D eigenvalue weighted by molar-refractivity contribution is -0.137. The van der Waals surface area contributed by atoms with E-state index in [-0.39, 0.29) is 11.5 Å². The van der Waals surface area contributed by atoms with Gasteiger partial charge >= 0.3 is 6.18 Å². The van der Waals surface area contributed by atoms with Crippen molar-refractivity contribution < 1.29 is 22.8 Å². The number of halogens is 3. The van der Waals surface area contributed by atoms with Crippen molar-refractivity contribution in [1.29, 1.82) is 0 Å². The summed E-state index contributed by atoms with van der Waals surface area (Å²) in [5, 5.41) is 5.32. The second kappa shape index (κ2) is 5.72. The fraction of sp³-hybridized carbons (Fsp3) is 0.385. The molecule has 21 heavy (non-hydrogen) atoms. The van der Waals surface area contributed by atoms with Gasteiger partial charge < -0.3 is 16.4 Å². The maximum absolute atomic E-state index is 12.6. The van der Waals surface area contributed by atoms with Gasteiger partial charge in [-0.25, -0.2) is 0 Å². The van der Waals surface area contributed by atoms with Gasteiger partial charge in [-0.1, -0.05) is 6.07 Å². The quantitative estimate of drug-likeness (QED) is 0.757. The summed E-state index contributed by atoms with van der Waals surface area (Å²) in [5.41, 5.74) is 4.13. The van der Waals surface area contributed by atoms with E-state index in [1.165, 1.54) is 6.07 Å². The molecule has 1 atom stereocenters. The Morgan fingerprint density at radius 1 is 1.33 bits per heavy atom. The third kappa shape index (κ3) is 3.52. The predicted molar refractivity (Wildman–Crippen MR) is 68.3 cm³/mol. The van der Waals surface area contributed by atoms with Crippen LogP contribution >= 0.6 is 0 Å². The van der Waals surface area contributed by atoms with Gasteiger partial charge in [0.25, 0.3) is 5.91 Å². The fourth-order valence-electron chi connectivity index (χ4n) is 2.03. The average Bonchev–Trinajstić information content (AvgIpc) is 2.34. The summed E-state index contributed by atoms with van der Waals surface area (Å²) in [4.78, 5) is 23.3. The molecule has 1 aromatic rings. The molecule has 1 aliphatic heterocycles. The van der Waals surface area contributed by atoms with Crippen LogP contribution in [0.1, 0.15) is 15.9 Å². The fourth-order valence-corrected chi connectivity index (χ4v) is 2.03. The lowest BCUT2D eigenvalue weighted by Crippen LogP contribution is -2.59. The first-order valence-electron chi connectivity index (χ1n) is 6.27. The molecular weight excluding hydrogens is 287 g/mol. The Morgan fingerprint density at radius 3 is 2.48 bits per heavy atom. The Kier molecular flexibility index (Phi) is 4.17. The van der Waals surface area contributed by atoms with Gasteiger partial charge in [0.15, 0.2) is 0 Å². The first-order chi connectivity index (χ1) is 9.79. The van der Waals surface area contributed by atoms with Crippen molar-refractivity contribution in [1.82, 2.24) is 10.6 Å². The largest absolute Gasteiger partial charge is 0.416 e. The van der Waals surface area contributed by atoms with Crippen LogP contribution in [0, 0.1) is 5.92 Å². The highest BCUT2D eigenvalue weighted by Gasteiger charge is 2.34. The third-order valence-corrected chi connectivity index (χ3v) is 3.33. The molecule has 1 saturated heterocycles. The smallest absolute Gasteiger partial charge is 0.368 e. The third-order valence-electron chi connectivity index (χ3n) is 3.33. The highest BCUT2D eigenvalue weighted by Crippen LogP contribution is 2.29. The number of alkyl halides is 3. The summed E-state index contributed by atoms with van der Waals surface area (Å²) in [5.74, 6) is -1.60. The first-order valence-corrected chi connectivity index (χ1v) is 6.27. The van der Waals surface area contributed by atoms with Gasteiger partial charge in [-0.15, -0.1) is 0 Å². The Morgan fingerprint density at radius 2 is 2.00 bits per heavy atom. The predicted octanol–water partition coefficient (Wildman–Crippen LogP) is 0.508. The van der Waals surface area contributed by atoms with E-state index in [4.69, 9.17) is 5.73 Å². The molecular formula is C13H14F3N3O2. The van der Waals surface area contributed by atoms with Gasteiger partial charge in [0.05, 0.1) is 5.56 Å². The lowest BCUT2D eigenvalue weighted by Gasteiger charge is -2.33. The van der Waals surface area contributed by atoms with E-state index in [9.17, 15) is 22.8 Å². The zero-order valence-electron chi connectivity index (χ0n) is 10.9. The van der Waals surface area contributed by atoms with E-state index in [0.29, 0.717) is 13.1 Å². The summed E-state index contributed by atoms with van der Waals surface area (Å²) in [7, 11) is 0. The van der Waals surface area contributed by atoms with Crippen molar-refractivity contribution in [3.8, 4) is 0 Å². The van der Waals surface area contributed by atoms with Gasteiger partial charge in [0, 0.05) is 24.6 Å². The van der Waals surface area contributed by atoms with Crippen LogP contribution in [0.25, 0.3) is 0 Å². The zero-order chi connectivity index (χ0) is 15.6. The van der Waals surface area contributed by atoms with Crippen LogP contribution in [0.3, 0.4) is 0 Å². The molecule has 0 bridgehead atoms. The van der Waals surface area contributed by atoms with Crippen molar-refractivity contribution in [2.45, 2.75) is 12.2 Å². The van der Waals surface area contributed by atoms with E-state index >= 15 is 0 Å². The highest BCUT2D eigenvalue weighted by molar-refractivity contribution is 5.97. The van der Waals surface area contributed by atoms with Crippen LogP contribution in [0.2, 0.25) is 0 Å². The minimum atomic E-state index is -4.53. The van der Waals surface area contributed by atoms with Crippen molar-refractivity contribution in [3.63, 3.8) is 0 Å². The van der Waals surface area contributed by atoms with Crippen LogP contribution < -0.4 is 16.4 Å². The van der Waals surface area contributed by atoms with Crippen molar-refractivity contribution in [3.05, 3.63) is 35.4 Å². The normalized spacial score (nSPS) is 16.9. The molecule has 114 valence electrons. The zero-order valence-corrected chi connectivity index (χ0v) is 10.9. The van der Waals surface area contributed by atoms with Crippen LogP contribution in [0.5, 0.6) is 0 Å². The molecule has 1 aromatic carbocycles. The molecule has 0 aromatic heterocycles. The number of nitrogens with one attached hydrogen (secondary N) is 2. The number of hydrogen-bond acceptors (Lipinski definition) is 3. The van der Waals surface area contributed by atoms with E-state index in [0.717, 1.165) is 18.2 Å². The molecule has 0 saturated carbocycles. The monoisotopic (exact) mass is 301 g/mol. The highest BCUT2D eigenvalue weighted by atomic mass is 19.4. The maximum atomic E-state index is 12.6. The summed E-state index contributed by atoms with van der Waals surface area (Å²) < 4.78 is 37.8. The SMILES string of the molecule is NC(=O)C(NC(=O)c1cccc(C(F)(F)F)c1)C1CNC1. The van der Waals surface area contributed by atoms with Crippen molar-refractivity contribution >= 4 is 11.8 Å². The maximum Gasteiger partial charge on any atom is 0.416 e. The number of carbonyl (C=O) groups is 2. The molecule has 2 amide bonds. The molecule has 1 heterocycles. The minimum absolute atomic E-state index is 0.141. The first kappa shape index (κ1) is 15.3. The van der Waals surface area contributed by atoms with Gasteiger partial charge in [-0.2, -0.15) is 13.2 Å². The summed E-state index contributed by atoms with van der Waals surface area (Å²) in [6, 6.07) is 3.11. The molecule has 1 aliphatic rings. The van der Waals surface area contributed by atoms with Gasteiger partial charge in [-0.3, -0.25) is 9.59 Å². The number of carbonyl (C=O) groups excluding carboxylic acids is 2. The van der Waals surface area contributed by atoms with E-state index < -0.39 is 29.6 Å². The number of nitrogens with two attached hydrogens (primary N) is 1. The Hall–Kier alpha value is -2.09. The van der Waals surface area contributed by atoms with E-state index in [1.807, 2.05) is 0 Å². The lowest BCUT2D eigenvalue weighted by atomic mass is 9.93. The second-order valence-electron chi connectivity index (χ2n) is 4.85. The van der Waals surface area contributed by atoms with Gasteiger partial charge in [-0.05, 0) is 18.2 Å². The Bertz CT molecular complexity index is 556. The van der Waals surface area contributed by atoms with Gasteiger partial charge in [0.1, 0.15) is 6.04 Å². The van der Waals surface area contributed by atoms with Crippen molar-refractivity contribution in [2.75, 3.05) is 13.1 Å². The molecule has 0 radical (unpaired) electrons. The number of benzene rings is 1. The number of primary amides is 1. The molecule has 4 N–H and O–H groups in total. The van der Waals surface area contributed by atoms with E-state index in [2.05, 4.69) is 10.6 Å². The minimum Gasteiger partial charge on any atom is -0.368 e. The second-order valence-corrected chi connectivity index (χ2v) is 4.85. The van der Waals surface area contributed by atoms with Crippen LogP contribution in [0.4, 0.5) is 13.2 Å². The Labute approximate surface area is 118 Å². The van der Waals surface area contributed by atoms with Crippen LogP contribution in [-0.4, -0.2) is 30.9 Å². The molecule has 1 fully saturated rings. The average molecular weight is 301 g/mol. The molecule has 1 unspecified atom stereocenters.